The van der Waals surface area contributed by atoms with Crippen LogP contribution in [0.4, 0.5) is 0 Å². The Hall–Kier alpha value is -2.01. The Morgan fingerprint density at radius 1 is 1.17 bits per heavy atom. The quantitative estimate of drug-likeness (QED) is 0.775. The van der Waals surface area contributed by atoms with Gasteiger partial charge in [0.1, 0.15) is 11.5 Å². The van der Waals surface area contributed by atoms with Crippen LogP contribution in [0.1, 0.15) is 34.8 Å². The van der Waals surface area contributed by atoms with Gasteiger partial charge >= 0.3 is 0 Å². The maximum Gasteiger partial charge on any atom is 0.254 e. The number of nitrogens with zero attached hydrogens (tertiary/aromatic N) is 1. The minimum atomic E-state index is 0.0253. The van der Waals surface area contributed by atoms with Crippen LogP contribution in [0.3, 0.4) is 0 Å². The largest absolute Gasteiger partial charge is 0.497 e. The third-order valence-electron chi connectivity index (χ3n) is 4.38. The van der Waals surface area contributed by atoms with Crippen molar-refractivity contribution >= 4 is 21.8 Å². The lowest BCUT2D eigenvalue weighted by Crippen LogP contribution is -2.30. The van der Waals surface area contributed by atoms with Crippen LogP contribution >= 0.6 is 15.9 Å². The Balaban J connectivity index is 1.92. The van der Waals surface area contributed by atoms with Gasteiger partial charge < -0.3 is 14.4 Å². The van der Waals surface area contributed by atoms with Crippen molar-refractivity contribution in [1.29, 1.82) is 0 Å². The molecular formula is C19H20BrNO3. The number of carbonyl (C=O) groups excluding carboxylic acids is 1. The zero-order valence-corrected chi connectivity index (χ0v) is 15.4. The summed E-state index contributed by atoms with van der Waals surface area (Å²) in [5.41, 5.74) is 1.72. The molecule has 1 unspecified atom stereocenters. The number of hydrogen-bond acceptors (Lipinski definition) is 3. The zero-order chi connectivity index (χ0) is 17.1. The van der Waals surface area contributed by atoms with Crippen LogP contribution in [0.2, 0.25) is 0 Å². The van der Waals surface area contributed by atoms with E-state index >= 15 is 0 Å². The van der Waals surface area contributed by atoms with E-state index in [9.17, 15) is 4.79 Å². The second-order valence-electron chi connectivity index (χ2n) is 5.77. The normalized spacial score (nSPS) is 17.0. The number of hydrogen-bond donors (Lipinski definition) is 0. The standard InChI is InChI=1S/C19H20BrNO3/c1-23-15-8-9-16(18(12-15)24-2)17-7-4-10-21(17)19(22)13-5-3-6-14(20)11-13/h3,5-6,8-9,11-12,17H,4,7,10H2,1-2H3. The molecule has 1 saturated heterocycles. The zero-order valence-electron chi connectivity index (χ0n) is 13.8. The Morgan fingerprint density at radius 2 is 2.00 bits per heavy atom. The van der Waals surface area contributed by atoms with Crippen LogP contribution in [0.15, 0.2) is 46.9 Å². The molecule has 0 aliphatic carbocycles. The highest BCUT2D eigenvalue weighted by molar-refractivity contribution is 9.10. The van der Waals surface area contributed by atoms with Crippen LogP contribution in [0.5, 0.6) is 11.5 Å². The first kappa shape index (κ1) is 16.8. The van der Waals surface area contributed by atoms with Gasteiger partial charge in [-0.2, -0.15) is 0 Å². The van der Waals surface area contributed by atoms with E-state index in [2.05, 4.69) is 15.9 Å². The van der Waals surface area contributed by atoms with Gasteiger partial charge in [0, 0.05) is 28.2 Å². The van der Waals surface area contributed by atoms with Crippen molar-refractivity contribution in [3.63, 3.8) is 0 Å². The van der Waals surface area contributed by atoms with Gasteiger partial charge in [0.05, 0.1) is 20.3 Å². The molecule has 0 N–H and O–H groups in total. The van der Waals surface area contributed by atoms with Gasteiger partial charge in [-0.3, -0.25) is 4.79 Å². The first-order chi connectivity index (χ1) is 11.6. The summed E-state index contributed by atoms with van der Waals surface area (Å²) in [5.74, 6) is 1.56. The first-order valence-electron chi connectivity index (χ1n) is 7.92. The summed E-state index contributed by atoms with van der Waals surface area (Å²) >= 11 is 3.43. The molecule has 1 fully saturated rings. The summed E-state index contributed by atoms with van der Waals surface area (Å²) < 4.78 is 11.7. The number of carbonyl (C=O) groups is 1. The van der Waals surface area contributed by atoms with E-state index in [1.165, 1.54) is 0 Å². The molecule has 0 radical (unpaired) electrons. The van der Waals surface area contributed by atoms with E-state index in [0.29, 0.717) is 5.56 Å². The summed E-state index contributed by atoms with van der Waals surface area (Å²) in [6.45, 7) is 0.755. The van der Waals surface area contributed by atoms with Crippen molar-refractivity contribution in [2.75, 3.05) is 20.8 Å². The molecule has 24 heavy (non-hydrogen) atoms. The first-order valence-corrected chi connectivity index (χ1v) is 8.72. The Labute approximate surface area is 150 Å². The highest BCUT2D eigenvalue weighted by atomic mass is 79.9. The number of likely N-dealkylation sites (tertiary alicyclic amines) is 1. The van der Waals surface area contributed by atoms with Crippen molar-refractivity contribution < 1.29 is 14.3 Å². The van der Waals surface area contributed by atoms with Gasteiger partial charge in [-0.05, 0) is 43.2 Å². The molecular weight excluding hydrogens is 370 g/mol. The second kappa shape index (κ2) is 7.26. The smallest absolute Gasteiger partial charge is 0.254 e. The van der Waals surface area contributed by atoms with E-state index in [4.69, 9.17) is 9.47 Å². The summed E-state index contributed by atoms with van der Waals surface area (Å²) in [4.78, 5) is 14.9. The molecule has 1 aliphatic rings. The van der Waals surface area contributed by atoms with Crippen molar-refractivity contribution in [3.05, 3.63) is 58.1 Å². The average Bonchev–Trinajstić information content (AvgIpc) is 3.09. The maximum absolute atomic E-state index is 12.9. The third kappa shape index (κ3) is 3.26. The average molecular weight is 390 g/mol. The SMILES string of the molecule is COc1ccc(C2CCCN2C(=O)c2cccc(Br)c2)c(OC)c1. The number of benzene rings is 2. The van der Waals surface area contributed by atoms with Gasteiger partial charge in [0.25, 0.3) is 5.91 Å². The van der Waals surface area contributed by atoms with Crippen molar-refractivity contribution in [3.8, 4) is 11.5 Å². The van der Waals surface area contributed by atoms with Crippen LogP contribution in [0, 0.1) is 0 Å². The van der Waals surface area contributed by atoms with E-state index in [-0.39, 0.29) is 11.9 Å². The topological polar surface area (TPSA) is 38.8 Å². The van der Waals surface area contributed by atoms with Crippen LogP contribution in [0.25, 0.3) is 0 Å². The maximum atomic E-state index is 12.9. The fourth-order valence-corrected chi connectivity index (χ4v) is 3.61. The van der Waals surface area contributed by atoms with Crippen molar-refractivity contribution in [1.82, 2.24) is 4.90 Å². The molecule has 1 atom stereocenters. The van der Waals surface area contributed by atoms with E-state index in [0.717, 1.165) is 40.9 Å². The fourth-order valence-electron chi connectivity index (χ4n) is 3.21. The van der Waals surface area contributed by atoms with Crippen LogP contribution in [-0.2, 0) is 0 Å². The van der Waals surface area contributed by atoms with Gasteiger partial charge in [-0.25, -0.2) is 0 Å². The highest BCUT2D eigenvalue weighted by Gasteiger charge is 2.32. The molecule has 1 heterocycles. The monoisotopic (exact) mass is 389 g/mol. The lowest BCUT2D eigenvalue weighted by molar-refractivity contribution is 0.0734. The molecule has 1 aliphatic heterocycles. The molecule has 0 aromatic heterocycles. The Morgan fingerprint density at radius 3 is 2.71 bits per heavy atom. The number of rotatable bonds is 4. The van der Waals surface area contributed by atoms with Crippen LogP contribution in [-0.4, -0.2) is 31.6 Å². The van der Waals surface area contributed by atoms with E-state index in [1.807, 2.05) is 47.4 Å². The molecule has 126 valence electrons. The number of ether oxygens (including phenoxy) is 2. The van der Waals surface area contributed by atoms with Crippen LogP contribution < -0.4 is 9.47 Å². The number of amides is 1. The molecule has 2 aromatic rings. The van der Waals surface area contributed by atoms with E-state index in [1.54, 1.807) is 14.2 Å². The lowest BCUT2D eigenvalue weighted by Gasteiger charge is -2.26. The summed E-state index contributed by atoms with van der Waals surface area (Å²) in [7, 11) is 3.28. The summed E-state index contributed by atoms with van der Waals surface area (Å²) in [5, 5.41) is 0. The third-order valence-corrected chi connectivity index (χ3v) is 4.88. The fraction of sp³-hybridized carbons (Fsp3) is 0.316. The number of halogens is 1. The molecule has 2 aromatic carbocycles. The summed E-state index contributed by atoms with van der Waals surface area (Å²) in [6.07, 6.45) is 1.92. The lowest BCUT2D eigenvalue weighted by atomic mass is 10.0. The molecule has 0 spiro atoms. The Kier molecular flexibility index (Phi) is 5.09. The minimum Gasteiger partial charge on any atom is -0.497 e. The highest BCUT2D eigenvalue weighted by Crippen LogP contribution is 2.39. The van der Waals surface area contributed by atoms with Crippen molar-refractivity contribution in [2.24, 2.45) is 0 Å². The molecule has 4 nitrogen and oxygen atoms in total. The predicted octanol–water partition coefficient (Wildman–Crippen LogP) is 4.44. The van der Waals surface area contributed by atoms with E-state index < -0.39 is 0 Å². The minimum absolute atomic E-state index is 0.0253. The summed E-state index contributed by atoms with van der Waals surface area (Å²) in [6, 6.07) is 13.3. The van der Waals surface area contributed by atoms with Gasteiger partial charge in [-0.1, -0.05) is 22.0 Å². The Bertz CT molecular complexity index is 747. The second-order valence-corrected chi connectivity index (χ2v) is 6.69. The number of methoxy groups -OCH3 is 2. The molecule has 0 saturated carbocycles. The van der Waals surface area contributed by atoms with Gasteiger partial charge in [-0.15, -0.1) is 0 Å². The molecule has 1 amide bonds. The van der Waals surface area contributed by atoms with Crippen molar-refractivity contribution in [2.45, 2.75) is 18.9 Å². The molecule has 5 heteroatoms. The molecule has 3 rings (SSSR count). The molecule has 0 bridgehead atoms. The van der Waals surface area contributed by atoms with Gasteiger partial charge in [0.2, 0.25) is 0 Å². The van der Waals surface area contributed by atoms with Gasteiger partial charge in [0.15, 0.2) is 0 Å². The predicted molar refractivity (Wildman–Crippen MR) is 96.7 cm³/mol.